The van der Waals surface area contributed by atoms with E-state index in [1.54, 1.807) is 12.1 Å². The fourth-order valence-electron chi connectivity index (χ4n) is 2.27. The molecule has 0 saturated carbocycles. The maximum Gasteiger partial charge on any atom is 0.312 e. The van der Waals surface area contributed by atoms with E-state index in [9.17, 15) is 19.5 Å². The monoisotopic (exact) mass is 340 g/mol. The first-order valence-corrected chi connectivity index (χ1v) is 7.08. The van der Waals surface area contributed by atoms with Gasteiger partial charge in [-0.3, -0.25) is 25.0 Å². The lowest BCUT2D eigenvalue weighted by molar-refractivity contribution is 0.0689. The molecule has 2 aromatic carbocycles. The number of phenolic OH excluding ortho intramolecular Hbond substituents is 1. The number of fused-ring (bicyclic) bond motifs is 1. The molecule has 0 saturated heterocycles. The predicted molar refractivity (Wildman–Crippen MR) is 87.1 cm³/mol. The highest BCUT2D eigenvalue weighted by Crippen LogP contribution is 2.15. The number of carbonyl (C=O) groups is 2. The highest BCUT2D eigenvalue weighted by atomic mass is 16.5. The molecule has 0 radical (unpaired) electrons. The van der Waals surface area contributed by atoms with Crippen molar-refractivity contribution in [2.24, 2.45) is 0 Å². The van der Waals surface area contributed by atoms with Crippen LogP contribution in [0.3, 0.4) is 0 Å². The van der Waals surface area contributed by atoms with Gasteiger partial charge in [0.05, 0.1) is 16.5 Å². The van der Waals surface area contributed by atoms with E-state index in [1.165, 1.54) is 41.9 Å². The Bertz CT molecular complexity index is 1040. The van der Waals surface area contributed by atoms with Crippen molar-refractivity contribution in [3.63, 3.8) is 0 Å². The second kappa shape index (κ2) is 6.42. The molecule has 0 bridgehead atoms. The van der Waals surface area contributed by atoms with Gasteiger partial charge in [0, 0.05) is 0 Å². The Morgan fingerprint density at radius 3 is 2.40 bits per heavy atom. The van der Waals surface area contributed by atoms with Crippen molar-refractivity contribution >= 4 is 22.7 Å². The van der Waals surface area contributed by atoms with Crippen LogP contribution >= 0.6 is 0 Å². The molecule has 1 aromatic heterocycles. The maximum absolute atomic E-state index is 12.6. The summed E-state index contributed by atoms with van der Waals surface area (Å²) in [5.41, 5.74) is 3.00. The van der Waals surface area contributed by atoms with Crippen LogP contribution in [0.5, 0.6) is 5.75 Å². The van der Waals surface area contributed by atoms with Crippen molar-refractivity contribution in [1.29, 1.82) is 0 Å². The number of aromatic hydroxyl groups is 1. The van der Waals surface area contributed by atoms with Gasteiger partial charge in [-0.05, 0) is 24.3 Å². The largest absolute Gasteiger partial charge is 0.507 e. The fourth-order valence-corrected chi connectivity index (χ4v) is 2.27. The molecule has 0 aliphatic heterocycles. The molecule has 126 valence electrons. The minimum atomic E-state index is -1.08. The van der Waals surface area contributed by atoms with Crippen molar-refractivity contribution in [2.45, 2.75) is 0 Å². The molecule has 25 heavy (non-hydrogen) atoms. The molecule has 0 aliphatic rings. The molecule has 9 heteroatoms. The van der Waals surface area contributed by atoms with Gasteiger partial charge in [-0.25, -0.2) is 10.5 Å². The molecule has 0 atom stereocenters. The molecule has 3 rings (SSSR count). The van der Waals surface area contributed by atoms with Crippen LogP contribution < -0.4 is 16.5 Å². The van der Waals surface area contributed by atoms with Gasteiger partial charge in [-0.15, -0.1) is 0 Å². The van der Waals surface area contributed by atoms with Crippen LogP contribution in [0.15, 0.2) is 53.3 Å². The first-order chi connectivity index (χ1) is 12.0. The lowest BCUT2D eigenvalue weighted by atomic mass is 10.2. The number of hydroxylamine groups is 1. The average Bonchev–Trinajstić information content (AvgIpc) is 2.63. The van der Waals surface area contributed by atoms with Gasteiger partial charge in [-0.2, -0.15) is 4.68 Å². The number of rotatable bonds is 3. The highest BCUT2D eigenvalue weighted by Gasteiger charge is 2.20. The van der Waals surface area contributed by atoms with Gasteiger partial charge in [0.2, 0.25) is 5.82 Å². The molecule has 3 aromatic rings. The summed E-state index contributed by atoms with van der Waals surface area (Å²) in [4.78, 5) is 40.8. The van der Waals surface area contributed by atoms with Crippen molar-refractivity contribution in [1.82, 2.24) is 15.1 Å². The number of nitrogens with zero attached hydrogens (tertiary/aromatic N) is 2. The maximum atomic E-state index is 12.6. The van der Waals surface area contributed by atoms with Crippen molar-refractivity contribution in [3.8, 4) is 5.75 Å². The number of carbonyl (C=O) groups excluding carboxylic acids is 2. The number of amides is 2. The third-order valence-corrected chi connectivity index (χ3v) is 3.44. The molecule has 0 spiro atoms. The molecule has 4 N–H and O–H groups in total. The first kappa shape index (κ1) is 16.1. The number of para-hydroxylation sites is 2. The van der Waals surface area contributed by atoms with Gasteiger partial charge in [0.15, 0.2) is 0 Å². The zero-order valence-electron chi connectivity index (χ0n) is 12.6. The van der Waals surface area contributed by atoms with Crippen LogP contribution in [-0.4, -0.2) is 31.8 Å². The second-order valence-corrected chi connectivity index (χ2v) is 4.99. The first-order valence-electron chi connectivity index (χ1n) is 7.08. The van der Waals surface area contributed by atoms with Crippen molar-refractivity contribution in [2.75, 3.05) is 5.43 Å². The molecular formula is C16H12N4O5. The van der Waals surface area contributed by atoms with Crippen LogP contribution in [0, 0.1) is 0 Å². The number of hydrogen-bond acceptors (Lipinski definition) is 6. The molecule has 1 heterocycles. The Morgan fingerprint density at radius 2 is 1.68 bits per heavy atom. The predicted octanol–water partition coefficient (Wildman–Crippen LogP) is 0.605. The van der Waals surface area contributed by atoms with E-state index in [0.29, 0.717) is 4.68 Å². The lowest BCUT2D eigenvalue weighted by Gasteiger charge is -2.13. The Labute approximate surface area is 140 Å². The van der Waals surface area contributed by atoms with E-state index in [4.69, 9.17) is 5.21 Å². The van der Waals surface area contributed by atoms with Gasteiger partial charge >= 0.3 is 5.91 Å². The van der Waals surface area contributed by atoms with E-state index in [2.05, 4.69) is 10.4 Å². The van der Waals surface area contributed by atoms with Crippen LogP contribution in [0.4, 0.5) is 0 Å². The summed E-state index contributed by atoms with van der Waals surface area (Å²) in [6.07, 6.45) is 0. The quantitative estimate of drug-likeness (QED) is 0.408. The summed E-state index contributed by atoms with van der Waals surface area (Å²) in [5, 5.41) is 18.8. The van der Waals surface area contributed by atoms with Crippen LogP contribution in [-0.2, 0) is 0 Å². The van der Waals surface area contributed by atoms with Crippen molar-refractivity contribution in [3.05, 3.63) is 70.3 Å². The third kappa shape index (κ3) is 2.91. The summed E-state index contributed by atoms with van der Waals surface area (Å²) in [5.74, 6) is -2.73. The van der Waals surface area contributed by atoms with E-state index in [0.717, 1.165) is 0 Å². The molecule has 0 unspecified atom stereocenters. The van der Waals surface area contributed by atoms with Gasteiger partial charge in [0.25, 0.3) is 11.5 Å². The summed E-state index contributed by atoms with van der Waals surface area (Å²) in [6.45, 7) is 0. The Hall–Kier alpha value is -3.72. The van der Waals surface area contributed by atoms with Gasteiger partial charge in [-0.1, -0.05) is 24.3 Å². The molecule has 9 nitrogen and oxygen atoms in total. The summed E-state index contributed by atoms with van der Waals surface area (Å²) in [7, 11) is 0. The number of nitrogens with one attached hydrogen (secondary N) is 2. The standard InChI is InChI=1S/C16H12N4O5/c21-12-8-4-2-6-10(12)14(22)18-20-13(15(23)19-25)17-11-7-3-1-5-9(11)16(20)24/h1-8,21,25H,(H,18,22)(H,19,23). The number of aromatic nitrogens is 2. The smallest absolute Gasteiger partial charge is 0.312 e. The van der Waals surface area contributed by atoms with E-state index in [1.807, 2.05) is 0 Å². The second-order valence-electron chi connectivity index (χ2n) is 4.99. The number of hydrogen-bond donors (Lipinski definition) is 4. The van der Waals surface area contributed by atoms with E-state index in [-0.39, 0.29) is 22.2 Å². The Morgan fingerprint density at radius 1 is 1.00 bits per heavy atom. The normalized spacial score (nSPS) is 10.4. The van der Waals surface area contributed by atoms with Gasteiger partial charge < -0.3 is 5.11 Å². The summed E-state index contributed by atoms with van der Waals surface area (Å²) in [6, 6.07) is 11.9. The SMILES string of the molecule is O=C(Nn1c(C(=O)NO)nc2ccccc2c1=O)c1ccccc1O. The molecule has 0 fully saturated rings. The lowest BCUT2D eigenvalue weighted by Crippen LogP contribution is -2.40. The highest BCUT2D eigenvalue weighted by molar-refractivity contribution is 6.03. The molecular weight excluding hydrogens is 328 g/mol. The zero-order chi connectivity index (χ0) is 18.0. The summed E-state index contributed by atoms with van der Waals surface area (Å²) < 4.78 is 0.614. The van der Waals surface area contributed by atoms with E-state index >= 15 is 0 Å². The fraction of sp³-hybridized carbons (Fsp3) is 0. The zero-order valence-corrected chi connectivity index (χ0v) is 12.6. The topological polar surface area (TPSA) is 134 Å². The van der Waals surface area contributed by atoms with Crippen LogP contribution in [0.1, 0.15) is 21.0 Å². The minimum Gasteiger partial charge on any atom is -0.507 e. The van der Waals surface area contributed by atoms with Crippen molar-refractivity contribution < 1.29 is 19.9 Å². The number of phenols is 1. The van der Waals surface area contributed by atoms with Crippen LogP contribution in [0.2, 0.25) is 0 Å². The third-order valence-electron chi connectivity index (χ3n) is 3.44. The summed E-state index contributed by atoms with van der Waals surface area (Å²) >= 11 is 0. The molecule has 0 aliphatic carbocycles. The van der Waals surface area contributed by atoms with E-state index < -0.39 is 23.2 Å². The average molecular weight is 340 g/mol. The molecule has 2 amide bonds. The Balaban J connectivity index is 2.15. The van der Waals surface area contributed by atoms with Gasteiger partial charge in [0.1, 0.15) is 5.75 Å². The minimum absolute atomic E-state index is 0.0992. The number of benzene rings is 2. The Kier molecular flexibility index (Phi) is 4.14. The van der Waals surface area contributed by atoms with Crippen LogP contribution in [0.25, 0.3) is 10.9 Å².